The van der Waals surface area contributed by atoms with Crippen LogP contribution in [0.25, 0.3) is 0 Å². The van der Waals surface area contributed by atoms with Crippen molar-refractivity contribution < 1.29 is 31.5 Å². The molecule has 0 aliphatic rings. The highest BCUT2D eigenvalue weighted by Gasteiger charge is 2.34. The molecule has 0 saturated carbocycles. The zero-order chi connectivity index (χ0) is 13.2. The first-order chi connectivity index (χ1) is 7.74. The highest BCUT2D eigenvalue weighted by Crippen LogP contribution is 2.29. The standard InChI is InChI=1S/C10H7F5O2/c1-2-8(16)5-3-6(11)9(7(12)4-5)17-10(13,14)15/h3-4H,2H2,1H3. The second-order valence-electron chi connectivity index (χ2n) is 3.09. The molecule has 0 amide bonds. The molecule has 2 nitrogen and oxygen atoms in total. The molecule has 0 aliphatic carbocycles. The Bertz CT molecular complexity index is 416. The van der Waals surface area contributed by atoms with Crippen molar-refractivity contribution in [2.45, 2.75) is 19.7 Å². The first kappa shape index (κ1) is 13.4. The molecule has 0 aliphatic heterocycles. The molecule has 0 saturated heterocycles. The fourth-order valence-corrected chi connectivity index (χ4v) is 1.14. The molecule has 0 spiro atoms. The number of carbonyl (C=O) groups is 1. The van der Waals surface area contributed by atoms with Crippen LogP contribution >= 0.6 is 0 Å². The number of hydrogen-bond donors (Lipinski definition) is 0. The molecule has 17 heavy (non-hydrogen) atoms. The maximum Gasteiger partial charge on any atom is 0.573 e. The number of carbonyl (C=O) groups excluding carboxylic acids is 1. The van der Waals surface area contributed by atoms with Crippen molar-refractivity contribution in [3.8, 4) is 5.75 Å². The van der Waals surface area contributed by atoms with Crippen LogP contribution in [0, 0.1) is 11.6 Å². The molecule has 0 bridgehead atoms. The van der Waals surface area contributed by atoms with Crippen LogP contribution in [0.1, 0.15) is 23.7 Å². The molecule has 0 atom stereocenters. The number of halogens is 5. The van der Waals surface area contributed by atoms with Crippen molar-refractivity contribution >= 4 is 5.78 Å². The summed E-state index contributed by atoms with van der Waals surface area (Å²) in [6, 6.07) is 1.02. The van der Waals surface area contributed by atoms with Crippen LogP contribution in [-0.2, 0) is 0 Å². The Kier molecular flexibility index (Phi) is 3.69. The average Bonchev–Trinajstić information content (AvgIpc) is 2.20. The highest BCUT2D eigenvalue weighted by molar-refractivity contribution is 5.96. The molecule has 1 rings (SSSR count). The van der Waals surface area contributed by atoms with Gasteiger partial charge in [-0.2, -0.15) is 0 Å². The monoisotopic (exact) mass is 254 g/mol. The van der Waals surface area contributed by atoms with Crippen LogP contribution in [0.4, 0.5) is 22.0 Å². The van der Waals surface area contributed by atoms with Gasteiger partial charge in [-0.1, -0.05) is 6.92 Å². The van der Waals surface area contributed by atoms with Crippen LogP contribution in [0.5, 0.6) is 5.75 Å². The molecule has 1 aromatic carbocycles. The Morgan fingerprint density at radius 2 is 1.71 bits per heavy atom. The summed E-state index contributed by atoms with van der Waals surface area (Å²) in [7, 11) is 0. The van der Waals surface area contributed by atoms with Gasteiger partial charge in [-0.05, 0) is 12.1 Å². The fourth-order valence-electron chi connectivity index (χ4n) is 1.14. The van der Waals surface area contributed by atoms with Crippen LogP contribution in [0.3, 0.4) is 0 Å². The van der Waals surface area contributed by atoms with Crippen molar-refractivity contribution in [1.29, 1.82) is 0 Å². The van der Waals surface area contributed by atoms with E-state index in [9.17, 15) is 26.7 Å². The van der Waals surface area contributed by atoms with Crippen LogP contribution < -0.4 is 4.74 Å². The van der Waals surface area contributed by atoms with E-state index in [1.807, 2.05) is 0 Å². The number of rotatable bonds is 3. The zero-order valence-electron chi connectivity index (χ0n) is 8.57. The van der Waals surface area contributed by atoms with Gasteiger partial charge in [0.05, 0.1) is 0 Å². The lowest BCUT2D eigenvalue weighted by Crippen LogP contribution is -2.19. The van der Waals surface area contributed by atoms with Gasteiger partial charge in [0, 0.05) is 12.0 Å². The summed E-state index contributed by atoms with van der Waals surface area (Å²) < 4.78 is 64.8. The minimum Gasteiger partial charge on any atom is -0.399 e. The third kappa shape index (κ3) is 3.40. The van der Waals surface area contributed by atoms with Crippen molar-refractivity contribution in [2.75, 3.05) is 0 Å². The van der Waals surface area contributed by atoms with Crippen molar-refractivity contribution in [2.24, 2.45) is 0 Å². The summed E-state index contributed by atoms with van der Waals surface area (Å²) in [4.78, 5) is 11.1. The molecule has 1 aromatic rings. The predicted octanol–water partition coefficient (Wildman–Crippen LogP) is 3.46. The van der Waals surface area contributed by atoms with Crippen molar-refractivity contribution in [3.05, 3.63) is 29.3 Å². The van der Waals surface area contributed by atoms with E-state index in [1.165, 1.54) is 6.92 Å². The van der Waals surface area contributed by atoms with E-state index in [-0.39, 0.29) is 12.0 Å². The molecule has 0 radical (unpaired) electrons. The third-order valence-electron chi connectivity index (χ3n) is 1.86. The number of ketones is 1. The Morgan fingerprint density at radius 3 is 2.06 bits per heavy atom. The Labute approximate surface area is 93.0 Å². The smallest absolute Gasteiger partial charge is 0.399 e. The molecular formula is C10H7F5O2. The molecule has 0 fully saturated rings. The molecule has 0 heterocycles. The quantitative estimate of drug-likeness (QED) is 0.610. The number of benzene rings is 1. The minimum absolute atomic E-state index is 0.0155. The van der Waals surface area contributed by atoms with Gasteiger partial charge in [0.25, 0.3) is 0 Å². The van der Waals surface area contributed by atoms with Gasteiger partial charge in [-0.15, -0.1) is 13.2 Å². The summed E-state index contributed by atoms with van der Waals surface area (Å²) in [6.07, 6.45) is -5.21. The van der Waals surface area contributed by atoms with Crippen LogP contribution in [0.2, 0.25) is 0 Å². The number of alkyl halides is 3. The minimum atomic E-state index is -5.20. The first-order valence-corrected chi connectivity index (χ1v) is 4.52. The first-order valence-electron chi connectivity index (χ1n) is 4.52. The lowest BCUT2D eigenvalue weighted by molar-refractivity contribution is -0.276. The molecule has 0 unspecified atom stereocenters. The molecular weight excluding hydrogens is 247 g/mol. The average molecular weight is 254 g/mol. The van der Waals surface area contributed by atoms with Gasteiger partial charge in [0.1, 0.15) is 0 Å². The van der Waals surface area contributed by atoms with E-state index in [1.54, 1.807) is 0 Å². The zero-order valence-corrected chi connectivity index (χ0v) is 8.57. The summed E-state index contributed by atoms with van der Waals surface area (Å²) in [5.41, 5.74) is -0.336. The lowest BCUT2D eigenvalue weighted by Gasteiger charge is -2.11. The molecule has 7 heteroatoms. The van der Waals surface area contributed by atoms with E-state index >= 15 is 0 Å². The summed E-state index contributed by atoms with van der Waals surface area (Å²) in [5.74, 6) is -5.29. The maximum atomic E-state index is 13.1. The van der Waals surface area contributed by atoms with Crippen molar-refractivity contribution in [3.63, 3.8) is 0 Å². The number of Topliss-reactive ketones (excluding diaryl/α,β-unsaturated/α-hetero) is 1. The van der Waals surface area contributed by atoms with Gasteiger partial charge in [-0.25, -0.2) is 8.78 Å². The van der Waals surface area contributed by atoms with E-state index in [0.29, 0.717) is 12.1 Å². The van der Waals surface area contributed by atoms with E-state index in [4.69, 9.17) is 0 Å². The second kappa shape index (κ2) is 4.68. The van der Waals surface area contributed by atoms with Gasteiger partial charge in [-0.3, -0.25) is 4.79 Å². The second-order valence-corrected chi connectivity index (χ2v) is 3.09. The summed E-state index contributed by atoms with van der Waals surface area (Å²) >= 11 is 0. The van der Waals surface area contributed by atoms with Gasteiger partial charge in [0.2, 0.25) is 5.75 Å². The highest BCUT2D eigenvalue weighted by atomic mass is 19.4. The summed E-state index contributed by atoms with van der Waals surface area (Å²) in [5, 5.41) is 0. The Morgan fingerprint density at radius 1 is 1.24 bits per heavy atom. The van der Waals surface area contributed by atoms with Gasteiger partial charge >= 0.3 is 6.36 Å². The SMILES string of the molecule is CCC(=O)c1cc(F)c(OC(F)(F)F)c(F)c1. The number of ether oxygens (including phenoxy) is 1. The maximum absolute atomic E-state index is 13.1. The normalized spacial score (nSPS) is 11.4. The Balaban J connectivity index is 3.15. The van der Waals surface area contributed by atoms with E-state index in [2.05, 4.69) is 4.74 Å². The van der Waals surface area contributed by atoms with E-state index in [0.717, 1.165) is 0 Å². The van der Waals surface area contributed by atoms with Crippen LogP contribution in [-0.4, -0.2) is 12.1 Å². The van der Waals surface area contributed by atoms with E-state index < -0.39 is 29.5 Å². The predicted molar refractivity (Wildman–Crippen MR) is 47.7 cm³/mol. The lowest BCUT2D eigenvalue weighted by atomic mass is 10.1. The largest absolute Gasteiger partial charge is 0.573 e. The van der Waals surface area contributed by atoms with Gasteiger partial charge in [0.15, 0.2) is 17.4 Å². The van der Waals surface area contributed by atoms with Crippen molar-refractivity contribution in [1.82, 2.24) is 0 Å². The Hall–Kier alpha value is -1.66. The molecule has 0 N–H and O–H groups in total. The number of hydrogen-bond acceptors (Lipinski definition) is 2. The fraction of sp³-hybridized carbons (Fsp3) is 0.300. The van der Waals surface area contributed by atoms with Crippen LogP contribution in [0.15, 0.2) is 12.1 Å². The molecule has 94 valence electrons. The summed E-state index contributed by atoms with van der Waals surface area (Å²) in [6.45, 7) is 1.46. The topological polar surface area (TPSA) is 26.3 Å². The van der Waals surface area contributed by atoms with Gasteiger partial charge < -0.3 is 4.74 Å². The molecule has 0 aromatic heterocycles. The third-order valence-corrected chi connectivity index (χ3v) is 1.86.